The molecule has 0 radical (unpaired) electrons. The van der Waals surface area contributed by atoms with Gasteiger partial charge in [-0.3, -0.25) is 4.68 Å². The summed E-state index contributed by atoms with van der Waals surface area (Å²) in [5, 5.41) is 7.49. The Kier molecular flexibility index (Phi) is 2.76. The van der Waals surface area contributed by atoms with Crippen molar-refractivity contribution in [1.29, 1.82) is 0 Å². The molecule has 0 bridgehead atoms. The molecule has 1 N–H and O–H groups in total. The van der Waals surface area contributed by atoms with Crippen LogP contribution in [0.4, 0.5) is 5.69 Å². The number of hydrogen-bond donors (Lipinski definition) is 1. The van der Waals surface area contributed by atoms with Crippen LogP contribution in [-0.2, 0) is 13.1 Å². The van der Waals surface area contributed by atoms with Crippen molar-refractivity contribution in [3.05, 3.63) is 36.0 Å². The van der Waals surface area contributed by atoms with Crippen LogP contribution in [-0.4, -0.2) is 9.78 Å². The van der Waals surface area contributed by atoms with Gasteiger partial charge in [0.1, 0.15) is 5.76 Å². The summed E-state index contributed by atoms with van der Waals surface area (Å²) in [7, 11) is 0. The third-order valence-corrected chi connectivity index (χ3v) is 2.41. The second kappa shape index (κ2) is 4.21. The Bertz CT molecular complexity index is 430. The molecule has 0 amide bonds. The summed E-state index contributed by atoms with van der Waals surface area (Å²) in [6, 6.07) is 1.98. The highest BCUT2D eigenvalue weighted by Crippen LogP contribution is 2.12. The lowest BCUT2D eigenvalue weighted by Crippen LogP contribution is -1.98. The fraction of sp³-hybridized carbons (Fsp3) is 0.364. The number of hydrogen-bond acceptors (Lipinski definition) is 3. The average Bonchev–Trinajstić information content (AvgIpc) is 2.84. The maximum Gasteiger partial charge on any atom is 0.105 e. The van der Waals surface area contributed by atoms with Crippen LogP contribution in [0, 0.1) is 6.92 Å². The van der Waals surface area contributed by atoms with Gasteiger partial charge in [0.2, 0.25) is 0 Å². The largest absolute Gasteiger partial charge is 0.469 e. The van der Waals surface area contributed by atoms with Crippen molar-refractivity contribution in [3.63, 3.8) is 0 Å². The Hall–Kier alpha value is -1.71. The minimum absolute atomic E-state index is 0.776. The molecule has 2 heterocycles. The molecule has 0 aliphatic rings. The van der Waals surface area contributed by atoms with Gasteiger partial charge in [0, 0.05) is 24.8 Å². The van der Waals surface area contributed by atoms with Gasteiger partial charge in [-0.05, 0) is 19.9 Å². The van der Waals surface area contributed by atoms with Crippen LogP contribution in [0.5, 0.6) is 0 Å². The van der Waals surface area contributed by atoms with E-state index in [-0.39, 0.29) is 0 Å². The van der Waals surface area contributed by atoms with Crippen molar-refractivity contribution in [2.75, 3.05) is 5.32 Å². The molecule has 0 atom stereocenters. The number of nitrogens with zero attached hydrogens (tertiary/aromatic N) is 2. The van der Waals surface area contributed by atoms with E-state index >= 15 is 0 Å². The molecule has 2 aromatic heterocycles. The van der Waals surface area contributed by atoms with Crippen molar-refractivity contribution in [1.82, 2.24) is 9.78 Å². The topological polar surface area (TPSA) is 43.0 Å². The van der Waals surface area contributed by atoms with Gasteiger partial charge in [-0.25, -0.2) is 0 Å². The van der Waals surface area contributed by atoms with Crippen molar-refractivity contribution in [2.45, 2.75) is 26.9 Å². The summed E-state index contributed by atoms with van der Waals surface area (Å²) in [5.41, 5.74) is 2.22. The van der Waals surface area contributed by atoms with E-state index in [1.54, 1.807) is 6.26 Å². The number of rotatable bonds is 4. The lowest BCUT2D eigenvalue weighted by atomic mass is 10.2. The van der Waals surface area contributed by atoms with Gasteiger partial charge < -0.3 is 9.73 Å². The van der Waals surface area contributed by atoms with Crippen LogP contribution in [0.25, 0.3) is 0 Å². The van der Waals surface area contributed by atoms with E-state index in [0.29, 0.717) is 0 Å². The molecule has 4 heteroatoms. The molecular weight excluding hydrogens is 190 g/mol. The van der Waals surface area contributed by atoms with E-state index in [4.69, 9.17) is 4.42 Å². The molecule has 0 saturated carbocycles. The molecule has 0 spiro atoms. The molecule has 0 aromatic carbocycles. The molecule has 0 aliphatic heterocycles. The fourth-order valence-corrected chi connectivity index (χ4v) is 1.42. The van der Waals surface area contributed by atoms with Crippen molar-refractivity contribution < 1.29 is 4.42 Å². The van der Waals surface area contributed by atoms with Gasteiger partial charge in [0.15, 0.2) is 0 Å². The molecule has 80 valence electrons. The Morgan fingerprint density at radius 1 is 1.53 bits per heavy atom. The second-order valence-electron chi connectivity index (χ2n) is 3.44. The van der Waals surface area contributed by atoms with Gasteiger partial charge >= 0.3 is 0 Å². The standard InChI is InChI=1S/C11H15N3O/c1-3-14-8-11(7-13-14)12-6-10-4-5-15-9(10)2/h4-5,7-8,12H,3,6H2,1-2H3. The Morgan fingerprint density at radius 3 is 3.00 bits per heavy atom. The maximum absolute atomic E-state index is 5.22. The Morgan fingerprint density at radius 2 is 2.40 bits per heavy atom. The fourth-order valence-electron chi connectivity index (χ4n) is 1.42. The van der Waals surface area contributed by atoms with Gasteiger partial charge in [0.25, 0.3) is 0 Å². The van der Waals surface area contributed by atoms with Gasteiger partial charge in [-0.1, -0.05) is 0 Å². The first-order valence-corrected chi connectivity index (χ1v) is 5.09. The molecule has 0 saturated heterocycles. The highest BCUT2D eigenvalue weighted by molar-refractivity contribution is 5.39. The second-order valence-corrected chi connectivity index (χ2v) is 3.44. The third-order valence-electron chi connectivity index (χ3n) is 2.41. The zero-order chi connectivity index (χ0) is 10.7. The zero-order valence-electron chi connectivity index (χ0n) is 9.03. The first-order chi connectivity index (χ1) is 7.29. The molecule has 0 aliphatic carbocycles. The summed E-state index contributed by atoms with van der Waals surface area (Å²) in [6.07, 6.45) is 5.54. The van der Waals surface area contributed by atoms with Crippen molar-refractivity contribution in [3.8, 4) is 0 Å². The smallest absolute Gasteiger partial charge is 0.105 e. The minimum atomic E-state index is 0.776. The van der Waals surface area contributed by atoms with Gasteiger partial charge in [0.05, 0.1) is 18.1 Å². The van der Waals surface area contributed by atoms with Crippen LogP contribution in [0.2, 0.25) is 0 Å². The van der Waals surface area contributed by atoms with Gasteiger partial charge in [-0.15, -0.1) is 0 Å². The first-order valence-electron chi connectivity index (χ1n) is 5.09. The number of aromatic nitrogens is 2. The SMILES string of the molecule is CCn1cc(NCc2ccoc2C)cn1. The van der Waals surface area contributed by atoms with Crippen LogP contribution >= 0.6 is 0 Å². The molecule has 0 unspecified atom stereocenters. The predicted molar refractivity (Wildman–Crippen MR) is 58.7 cm³/mol. The normalized spacial score (nSPS) is 10.5. The van der Waals surface area contributed by atoms with Crippen molar-refractivity contribution in [2.24, 2.45) is 0 Å². The third kappa shape index (κ3) is 2.21. The van der Waals surface area contributed by atoms with Crippen LogP contribution in [0.1, 0.15) is 18.2 Å². The zero-order valence-corrected chi connectivity index (χ0v) is 9.03. The summed E-state index contributed by atoms with van der Waals surface area (Å²) in [4.78, 5) is 0. The minimum Gasteiger partial charge on any atom is -0.469 e. The molecule has 4 nitrogen and oxygen atoms in total. The predicted octanol–water partition coefficient (Wildman–Crippen LogP) is 2.42. The van der Waals surface area contributed by atoms with E-state index in [1.807, 2.05) is 30.1 Å². The van der Waals surface area contributed by atoms with Crippen LogP contribution in [0.15, 0.2) is 29.1 Å². The highest BCUT2D eigenvalue weighted by Gasteiger charge is 2.01. The summed E-state index contributed by atoms with van der Waals surface area (Å²) >= 11 is 0. The quantitative estimate of drug-likeness (QED) is 0.833. The van der Waals surface area contributed by atoms with Gasteiger partial charge in [-0.2, -0.15) is 5.10 Å². The number of nitrogens with one attached hydrogen (secondary N) is 1. The average molecular weight is 205 g/mol. The van der Waals surface area contributed by atoms with Crippen LogP contribution in [0.3, 0.4) is 0 Å². The molecule has 2 rings (SSSR count). The molecule has 2 aromatic rings. The summed E-state index contributed by atoms with van der Waals surface area (Å²) in [6.45, 7) is 5.70. The lowest BCUT2D eigenvalue weighted by molar-refractivity contribution is 0.530. The van der Waals surface area contributed by atoms with Crippen molar-refractivity contribution >= 4 is 5.69 Å². The molecular formula is C11H15N3O. The number of furan rings is 1. The van der Waals surface area contributed by atoms with E-state index < -0.39 is 0 Å². The highest BCUT2D eigenvalue weighted by atomic mass is 16.3. The number of aryl methyl sites for hydroxylation is 2. The summed E-state index contributed by atoms with van der Waals surface area (Å²) < 4.78 is 7.11. The Labute approximate surface area is 88.9 Å². The van der Waals surface area contributed by atoms with E-state index in [2.05, 4.69) is 17.3 Å². The number of anilines is 1. The monoisotopic (exact) mass is 205 g/mol. The van der Waals surface area contributed by atoms with E-state index in [9.17, 15) is 0 Å². The van der Waals surface area contributed by atoms with E-state index in [1.165, 1.54) is 5.56 Å². The maximum atomic E-state index is 5.22. The van der Waals surface area contributed by atoms with Crippen LogP contribution < -0.4 is 5.32 Å². The Balaban J connectivity index is 1.96. The molecule has 15 heavy (non-hydrogen) atoms. The lowest BCUT2D eigenvalue weighted by Gasteiger charge is -2.01. The van der Waals surface area contributed by atoms with E-state index in [0.717, 1.165) is 24.5 Å². The first kappa shape index (κ1) is 9.83. The molecule has 0 fully saturated rings. The summed E-state index contributed by atoms with van der Waals surface area (Å²) in [5.74, 6) is 0.963.